The number of carbonyl (C=O) groups is 1. The Kier molecular flexibility index (Phi) is 4.44. The highest BCUT2D eigenvalue weighted by Gasteiger charge is 2.26. The van der Waals surface area contributed by atoms with Crippen molar-refractivity contribution in [3.63, 3.8) is 0 Å². The number of aromatic nitrogens is 2. The van der Waals surface area contributed by atoms with E-state index in [9.17, 15) is 9.90 Å². The molecule has 0 aliphatic carbocycles. The molecule has 1 atom stereocenters. The minimum absolute atomic E-state index is 0.0134. The smallest absolute Gasteiger partial charge is 0.227 e. The number of aliphatic hydroxyl groups is 1. The van der Waals surface area contributed by atoms with E-state index in [2.05, 4.69) is 15.5 Å². The average Bonchev–Trinajstić information content (AvgIpc) is 3.10. The van der Waals surface area contributed by atoms with E-state index < -0.39 is 5.60 Å². The third-order valence-electron chi connectivity index (χ3n) is 3.90. The maximum atomic E-state index is 12.2. The van der Waals surface area contributed by atoms with Crippen LogP contribution in [0.3, 0.4) is 0 Å². The summed E-state index contributed by atoms with van der Waals surface area (Å²) in [5.74, 6) is -0.236. The van der Waals surface area contributed by atoms with Crippen molar-refractivity contribution in [3.05, 3.63) is 72.6 Å². The highest BCUT2D eigenvalue weighted by molar-refractivity contribution is 5.91. The van der Waals surface area contributed by atoms with Crippen molar-refractivity contribution >= 4 is 11.6 Å². The molecule has 0 aliphatic heterocycles. The highest BCUT2D eigenvalue weighted by Crippen LogP contribution is 2.25. The van der Waals surface area contributed by atoms with E-state index in [0.717, 1.165) is 16.7 Å². The minimum atomic E-state index is -1.21. The van der Waals surface area contributed by atoms with E-state index in [1.807, 2.05) is 60.8 Å². The number of rotatable bonds is 5. The van der Waals surface area contributed by atoms with E-state index in [1.165, 1.54) is 0 Å². The van der Waals surface area contributed by atoms with Gasteiger partial charge in [-0.15, -0.1) is 0 Å². The number of amides is 1. The topological polar surface area (TPSA) is 78.0 Å². The van der Waals surface area contributed by atoms with Crippen LogP contribution in [0.2, 0.25) is 0 Å². The van der Waals surface area contributed by atoms with E-state index in [-0.39, 0.29) is 12.3 Å². The van der Waals surface area contributed by atoms with Gasteiger partial charge in [0.25, 0.3) is 0 Å². The van der Waals surface area contributed by atoms with Crippen LogP contribution in [0.25, 0.3) is 11.1 Å². The summed E-state index contributed by atoms with van der Waals surface area (Å²) in [6.07, 6.45) is 3.54. The Hall–Kier alpha value is -2.92. The van der Waals surface area contributed by atoms with Crippen LogP contribution >= 0.6 is 0 Å². The predicted octanol–water partition coefficient (Wildman–Crippen LogP) is 3.31. The number of benzene rings is 2. The van der Waals surface area contributed by atoms with Gasteiger partial charge in [0, 0.05) is 17.4 Å². The summed E-state index contributed by atoms with van der Waals surface area (Å²) >= 11 is 0. The van der Waals surface area contributed by atoms with Crippen molar-refractivity contribution in [1.29, 1.82) is 0 Å². The van der Waals surface area contributed by atoms with E-state index >= 15 is 0 Å². The predicted molar refractivity (Wildman–Crippen MR) is 93.3 cm³/mol. The number of aromatic amines is 1. The van der Waals surface area contributed by atoms with Crippen LogP contribution in [-0.2, 0) is 10.4 Å². The molecule has 0 fully saturated rings. The van der Waals surface area contributed by atoms with Gasteiger partial charge in [0.1, 0.15) is 0 Å². The lowest BCUT2D eigenvalue weighted by atomic mass is 9.92. The molecular formula is C19H19N3O2. The maximum absolute atomic E-state index is 12.2. The largest absolute Gasteiger partial charge is 0.385 e. The van der Waals surface area contributed by atoms with Gasteiger partial charge in [0.05, 0.1) is 18.2 Å². The molecule has 5 nitrogen and oxygen atoms in total. The monoisotopic (exact) mass is 321 g/mol. The SMILES string of the molecule is CC(O)(CC(=O)Nc1ccc(-c2cn[nH]c2)cc1)c1ccccc1. The zero-order valence-corrected chi connectivity index (χ0v) is 13.4. The molecule has 3 rings (SSSR count). The van der Waals surface area contributed by atoms with Gasteiger partial charge in [0.15, 0.2) is 0 Å². The molecule has 3 N–H and O–H groups in total. The fraction of sp³-hybridized carbons (Fsp3) is 0.158. The summed E-state index contributed by atoms with van der Waals surface area (Å²) in [5.41, 5.74) is 2.20. The summed E-state index contributed by atoms with van der Waals surface area (Å²) in [6.45, 7) is 1.64. The molecule has 0 aliphatic rings. The molecule has 0 saturated carbocycles. The molecule has 1 unspecified atom stereocenters. The van der Waals surface area contributed by atoms with Crippen molar-refractivity contribution in [2.24, 2.45) is 0 Å². The van der Waals surface area contributed by atoms with Gasteiger partial charge in [0.2, 0.25) is 5.91 Å². The second-order valence-corrected chi connectivity index (χ2v) is 5.93. The van der Waals surface area contributed by atoms with Crippen LogP contribution in [0.4, 0.5) is 5.69 Å². The summed E-state index contributed by atoms with van der Waals surface area (Å²) in [6, 6.07) is 16.7. The Labute approximate surface area is 140 Å². The fourth-order valence-corrected chi connectivity index (χ4v) is 2.57. The molecule has 24 heavy (non-hydrogen) atoms. The van der Waals surface area contributed by atoms with Gasteiger partial charge in [-0.3, -0.25) is 9.89 Å². The number of nitrogens with zero attached hydrogens (tertiary/aromatic N) is 1. The molecule has 3 aromatic rings. The second-order valence-electron chi connectivity index (χ2n) is 5.93. The zero-order chi connectivity index (χ0) is 17.0. The number of hydrogen-bond acceptors (Lipinski definition) is 3. The Morgan fingerprint density at radius 3 is 2.46 bits per heavy atom. The average molecular weight is 321 g/mol. The fourth-order valence-electron chi connectivity index (χ4n) is 2.57. The van der Waals surface area contributed by atoms with Crippen LogP contribution in [0, 0.1) is 0 Å². The molecule has 1 amide bonds. The Morgan fingerprint density at radius 1 is 1.12 bits per heavy atom. The highest BCUT2D eigenvalue weighted by atomic mass is 16.3. The lowest BCUT2D eigenvalue weighted by Crippen LogP contribution is -2.28. The van der Waals surface area contributed by atoms with Crippen LogP contribution in [0.1, 0.15) is 18.9 Å². The maximum Gasteiger partial charge on any atom is 0.227 e. The van der Waals surface area contributed by atoms with Gasteiger partial charge in [-0.1, -0.05) is 42.5 Å². The van der Waals surface area contributed by atoms with Gasteiger partial charge in [-0.25, -0.2) is 0 Å². The first-order valence-electron chi connectivity index (χ1n) is 7.71. The van der Waals surface area contributed by atoms with Crippen molar-refractivity contribution < 1.29 is 9.90 Å². The van der Waals surface area contributed by atoms with E-state index in [4.69, 9.17) is 0 Å². The Balaban J connectivity index is 1.64. The number of hydrogen-bond donors (Lipinski definition) is 3. The first-order valence-corrected chi connectivity index (χ1v) is 7.71. The van der Waals surface area contributed by atoms with Gasteiger partial charge >= 0.3 is 0 Å². The third-order valence-corrected chi connectivity index (χ3v) is 3.90. The summed E-state index contributed by atoms with van der Waals surface area (Å²) in [4.78, 5) is 12.2. The molecule has 0 saturated heterocycles. The summed E-state index contributed by atoms with van der Waals surface area (Å²) in [5, 5.41) is 20.0. The minimum Gasteiger partial charge on any atom is -0.385 e. The molecule has 122 valence electrons. The first kappa shape index (κ1) is 16.0. The Morgan fingerprint density at radius 2 is 1.83 bits per heavy atom. The molecule has 2 aromatic carbocycles. The number of anilines is 1. The van der Waals surface area contributed by atoms with Crippen molar-refractivity contribution in [3.8, 4) is 11.1 Å². The molecule has 0 bridgehead atoms. The lowest BCUT2D eigenvalue weighted by Gasteiger charge is -2.23. The second kappa shape index (κ2) is 6.68. The standard InChI is InChI=1S/C19H19N3O2/c1-19(24,16-5-3-2-4-6-16)11-18(23)22-17-9-7-14(8-10-17)15-12-20-21-13-15/h2-10,12-13,24H,11H2,1H3,(H,20,21)(H,22,23). The van der Waals surface area contributed by atoms with Crippen LogP contribution in [0.5, 0.6) is 0 Å². The van der Waals surface area contributed by atoms with Crippen molar-refractivity contribution in [1.82, 2.24) is 10.2 Å². The quantitative estimate of drug-likeness (QED) is 0.674. The molecule has 0 radical (unpaired) electrons. The van der Waals surface area contributed by atoms with Crippen LogP contribution < -0.4 is 5.32 Å². The summed E-state index contributed by atoms with van der Waals surface area (Å²) in [7, 11) is 0. The number of nitrogens with one attached hydrogen (secondary N) is 2. The molecular weight excluding hydrogens is 302 g/mol. The first-order chi connectivity index (χ1) is 11.5. The van der Waals surface area contributed by atoms with Crippen molar-refractivity contribution in [2.75, 3.05) is 5.32 Å². The molecule has 0 spiro atoms. The van der Waals surface area contributed by atoms with Gasteiger partial charge in [-0.2, -0.15) is 5.10 Å². The molecule has 1 heterocycles. The zero-order valence-electron chi connectivity index (χ0n) is 13.4. The number of carbonyl (C=O) groups excluding carboxylic acids is 1. The van der Waals surface area contributed by atoms with Gasteiger partial charge < -0.3 is 10.4 Å². The third kappa shape index (κ3) is 3.70. The van der Waals surface area contributed by atoms with E-state index in [0.29, 0.717) is 5.69 Å². The molecule has 5 heteroatoms. The lowest BCUT2D eigenvalue weighted by molar-refractivity contribution is -0.120. The van der Waals surface area contributed by atoms with Crippen LogP contribution in [0.15, 0.2) is 67.0 Å². The van der Waals surface area contributed by atoms with Crippen molar-refractivity contribution in [2.45, 2.75) is 18.9 Å². The van der Waals surface area contributed by atoms with E-state index in [1.54, 1.807) is 13.1 Å². The Bertz CT molecular complexity index is 794. The molecule has 1 aromatic heterocycles. The summed E-state index contributed by atoms with van der Waals surface area (Å²) < 4.78 is 0. The number of H-pyrrole nitrogens is 1. The van der Waals surface area contributed by atoms with Gasteiger partial charge in [-0.05, 0) is 30.2 Å². The van der Waals surface area contributed by atoms with Crippen LogP contribution in [-0.4, -0.2) is 21.2 Å². The normalized spacial score (nSPS) is 13.2.